The van der Waals surface area contributed by atoms with E-state index in [0.717, 1.165) is 17.3 Å². The first-order valence-electron chi connectivity index (χ1n) is 7.03. The molecule has 3 heteroatoms. The van der Waals surface area contributed by atoms with Crippen molar-refractivity contribution in [2.45, 2.75) is 13.3 Å². The van der Waals surface area contributed by atoms with Crippen LogP contribution in [0.5, 0.6) is 5.75 Å². The number of carbonyl (C=O) groups is 1. The number of fused-ring (bicyclic) bond motifs is 1. The van der Waals surface area contributed by atoms with E-state index in [9.17, 15) is 4.79 Å². The third kappa shape index (κ3) is 2.21. The number of nitrogens with one attached hydrogen (secondary N) is 1. The van der Waals surface area contributed by atoms with E-state index in [4.69, 9.17) is 4.74 Å². The predicted molar refractivity (Wildman–Crippen MR) is 84.1 cm³/mol. The second-order valence-corrected chi connectivity index (χ2v) is 4.93. The van der Waals surface area contributed by atoms with Gasteiger partial charge in [-0.1, -0.05) is 37.3 Å². The number of aromatic amines is 1. The minimum Gasteiger partial charge on any atom is -0.496 e. The van der Waals surface area contributed by atoms with Crippen molar-refractivity contribution in [1.29, 1.82) is 0 Å². The summed E-state index contributed by atoms with van der Waals surface area (Å²) in [6.07, 6.45) is 2.72. The molecule has 0 aliphatic carbocycles. The Morgan fingerprint density at radius 3 is 2.67 bits per heavy atom. The Morgan fingerprint density at radius 1 is 1.10 bits per heavy atom. The highest BCUT2D eigenvalue weighted by molar-refractivity contribution is 6.17. The van der Waals surface area contributed by atoms with Crippen LogP contribution in [-0.2, 0) is 6.42 Å². The molecular weight excluding hydrogens is 262 g/mol. The summed E-state index contributed by atoms with van der Waals surface area (Å²) in [6, 6.07) is 13.4. The number of benzene rings is 2. The Hall–Kier alpha value is -2.55. The van der Waals surface area contributed by atoms with Crippen molar-refractivity contribution >= 4 is 16.7 Å². The average molecular weight is 279 g/mol. The summed E-state index contributed by atoms with van der Waals surface area (Å²) in [5.41, 5.74) is 3.53. The van der Waals surface area contributed by atoms with Gasteiger partial charge >= 0.3 is 0 Å². The van der Waals surface area contributed by atoms with Crippen LogP contribution in [0.15, 0.2) is 48.7 Å². The van der Waals surface area contributed by atoms with Crippen molar-refractivity contribution in [2.75, 3.05) is 7.11 Å². The van der Waals surface area contributed by atoms with Crippen molar-refractivity contribution in [2.24, 2.45) is 0 Å². The minimum absolute atomic E-state index is 0.0213. The molecule has 0 radical (unpaired) electrons. The molecule has 0 unspecified atom stereocenters. The highest BCUT2D eigenvalue weighted by Gasteiger charge is 2.18. The molecule has 0 spiro atoms. The van der Waals surface area contributed by atoms with E-state index < -0.39 is 0 Å². The maximum Gasteiger partial charge on any atom is 0.198 e. The van der Waals surface area contributed by atoms with Crippen LogP contribution < -0.4 is 4.74 Å². The van der Waals surface area contributed by atoms with Gasteiger partial charge in [-0.2, -0.15) is 0 Å². The molecule has 0 amide bonds. The van der Waals surface area contributed by atoms with Gasteiger partial charge in [0.2, 0.25) is 0 Å². The van der Waals surface area contributed by atoms with E-state index in [-0.39, 0.29) is 5.78 Å². The first kappa shape index (κ1) is 13.4. The van der Waals surface area contributed by atoms with Crippen LogP contribution in [0, 0.1) is 0 Å². The van der Waals surface area contributed by atoms with Gasteiger partial charge < -0.3 is 9.72 Å². The van der Waals surface area contributed by atoms with Crippen LogP contribution in [0.3, 0.4) is 0 Å². The molecule has 1 heterocycles. The van der Waals surface area contributed by atoms with E-state index in [1.165, 1.54) is 5.56 Å². The maximum atomic E-state index is 12.8. The van der Waals surface area contributed by atoms with Gasteiger partial charge in [-0.15, -0.1) is 0 Å². The third-order valence-electron chi connectivity index (χ3n) is 3.78. The first-order chi connectivity index (χ1) is 10.3. The van der Waals surface area contributed by atoms with E-state index in [0.29, 0.717) is 16.9 Å². The maximum absolute atomic E-state index is 12.8. The number of hydrogen-bond acceptors (Lipinski definition) is 2. The lowest BCUT2D eigenvalue weighted by atomic mass is 10.00. The van der Waals surface area contributed by atoms with Crippen molar-refractivity contribution < 1.29 is 9.53 Å². The second kappa shape index (κ2) is 5.44. The Morgan fingerprint density at radius 2 is 1.90 bits per heavy atom. The smallest absolute Gasteiger partial charge is 0.198 e. The topological polar surface area (TPSA) is 42.1 Å². The van der Waals surface area contributed by atoms with Gasteiger partial charge in [0.25, 0.3) is 0 Å². The molecule has 2 aromatic carbocycles. The Bertz CT molecular complexity index is 802. The summed E-state index contributed by atoms with van der Waals surface area (Å²) in [7, 11) is 1.58. The van der Waals surface area contributed by atoms with Crippen LogP contribution in [0.25, 0.3) is 10.9 Å². The number of carbonyl (C=O) groups excluding carboxylic acids is 1. The molecule has 0 saturated heterocycles. The van der Waals surface area contributed by atoms with Gasteiger partial charge in [0, 0.05) is 22.7 Å². The summed E-state index contributed by atoms with van der Waals surface area (Å²) in [5.74, 6) is 0.579. The lowest BCUT2D eigenvalue weighted by Crippen LogP contribution is -2.03. The number of methoxy groups -OCH3 is 1. The molecule has 0 atom stereocenters. The number of hydrogen-bond donors (Lipinski definition) is 1. The highest BCUT2D eigenvalue weighted by atomic mass is 16.5. The van der Waals surface area contributed by atoms with Crippen LogP contribution >= 0.6 is 0 Å². The van der Waals surface area contributed by atoms with Gasteiger partial charge in [-0.05, 0) is 24.1 Å². The molecule has 3 aromatic rings. The van der Waals surface area contributed by atoms with Crippen molar-refractivity contribution in [3.8, 4) is 5.75 Å². The summed E-state index contributed by atoms with van der Waals surface area (Å²) in [4.78, 5) is 16.0. The van der Waals surface area contributed by atoms with Crippen molar-refractivity contribution in [3.05, 3.63) is 65.4 Å². The number of aromatic nitrogens is 1. The number of H-pyrrole nitrogens is 1. The van der Waals surface area contributed by atoms with Crippen LogP contribution in [0.2, 0.25) is 0 Å². The summed E-state index contributed by atoms with van der Waals surface area (Å²) in [6.45, 7) is 2.11. The minimum atomic E-state index is -0.0213. The third-order valence-corrected chi connectivity index (χ3v) is 3.78. The van der Waals surface area contributed by atoms with Gasteiger partial charge in [0.05, 0.1) is 12.7 Å². The zero-order chi connectivity index (χ0) is 14.8. The Kier molecular flexibility index (Phi) is 3.48. The van der Waals surface area contributed by atoms with Crippen molar-refractivity contribution in [1.82, 2.24) is 4.98 Å². The number of para-hydroxylation sites is 2. The summed E-state index contributed by atoms with van der Waals surface area (Å²) >= 11 is 0. The molecule has 0 bridgehead atoms. The van der Waals surface area contributed by atoms with E-state index in [1.54, 1.807) is 25.4 Å². The predicted octanol–water partition coefficient (Wildman–Crippen LogP) is 3.97. The second-order valence-electron chi connectivity index (χ2n) is 4.93. The normalized spacial score (nSPS) is 10.8. The monoisotopic (exact) mass is 279 g/mol. The quantitative estimate of drug-likeness (QED) is 0.734. The van der Waals surface area contributed by atoms with Crippen molar-refractivity contribution in [3.63, 3.8) is 0 Å². The van der Waals surface area contributed by atoms with Gasteiger partial charge in [-0.25, -0.2) is 0 Å². The molecule has 0 fully saturated rings. The molecule has 3 nitrogen and oxygen atoms in total. The molecule has 0 aliphatic heterocycles. The molecular formula is C18H17NO2. The highest BCUT2D eigenvalue weighted by Crippen LogP contribution is 2.27. The van der Waals surface area contributed by atoms with Crippen LogP contribution in [0.1, 0.15) is 28.4 Å². The first-order valence-corrected chi connectivity index (χ1v) is 7.03. The van der Waals surface area contributed by atoms with E-state index in [2.05, 4.69) is 18.0 Å². The zero-order valence-electron chi connectivity index (χ0n) is 12.1. The van der Waals surface area contributed by atoms with Gasteiger partial charge in [0.1, 0.15) is 5.75 Å². The fourth-order valence-electron chi connectivity index (χ4n) is 2.68. The molecule has 3 rings (SSSR count). The molecule has 21 heavy (non-hydrogen) atoms. The standard InChI is InChI=1S/C18H17NO2/c1-3-12-7-6-9-13-15(11-19-17(12)13)18(20)14-8-4-5-10-16(14)21-2/h4-11,19H,3H2,1-2H3. The lowest BCUT2D eigenvalue weighted by Gasteiger charge is -2.06. The Balaban J connectivity index is 2.14. The van der Waals surface area contributed by atoms with E-state index in [1.807, 2.05) is 24.3 Å². The fraction of sp³-hybridized carbons (Fsp3) is 0.167. The number of aryl methyl sites for hydroxylation is 1. The molecule has 0 aliphatic rings. The van der Waals surface area contributed by atoms with E-state index >= 15 is 0 Å². The average Bonchev–Trinajstić information content (AvgIpc) is 2.98. The SMILES string of the molecule is CCc1cccc2c(C(=O)c3ccccc3OC)c[nH]c12. The number of rotatable bonds is 4. The lowest BCUT2D eigenvalue weighted by molar-refractivity contribution is 0.103. The zero-order valence-corrected chi connectivity index (χ0v) is 12.1. The molecule has 1 N–H and O–H groups in total. The van der Waals surface area contributed by atoms with Gasteiger partial charge in [-0.3, -0.25) is 4.79 Å². The fourth-order valence-corrected chi connectivity index (χ4v) is 2.68. The van der Waals surface area contributed by atoms with Crippen LogP contribution in [-0.4, -0.2) is 17.9 Å². The summed E-state index contributed by atoms with van der Waals surface area (Å²) in [5, 5.41) is 0.963. The molecule has 0 saturated carbocycles. The molecule has 1 aromatic heterocycles. The van der Waals surface area contributed by atoms with Crippen LogP contribution in [0.4, 0.5) is 0 Å². The Labute approximate surface area is 123 Å². The number of ether oxygens (including phenoxy) is 1. The van der Waals surface area contributed by atoms with Gasteiger partial charge in [0.15, 0.2) is 5.78 Å². The summed E-state index contributed by atoms with van der Waals surface area (Å²) < 4.78 is 5.29. The molecule has 106 valence electrons. The largest absolute Gasteiger partial charge is 0.496 e. The number of ketones is 1.